The van der Waals surface area contributed by atoms with E-state index in [1.54, 1.807) is 29.3 Å². The molecular weight excluding hydrogens is 292 g/mol. The van der Waals surface area contributed by atoms with Gasteiger partial charge in [0.1, 0.15) is 4.34 Å². The molecule has 0 bridgehead atoms. The highest BCUT2D eigenvalue weighted by molar-refractivity contribution is 8.01. The summed E-state index contributed by atoms with van der Waals surface area (Å²) in [7, 11) is 0. The molecule has 1 aliphatic heterocycles. The van der Waals surface area contributed by atoms with Crippen LogP contribution in [-0.2, 0) is 4.79 Å². The van der Waals surface area contributed by atoms with E-state index in [9.17, 15) is 4.79 Å². The Kier molecular flexibility index (Phi) is 8.41. The minimum absolute atomic E-state index is 0.140. The Morgan fingerprint density at radius 1 is 1.72 bits per heavy atom. The summed E-state index contributed by atoms with van der Waals surface area (Å²) >= 11 is 8.83. The number of aliphatic carboxylic acids is 1. The number of thioether (sulfide) groups is 1. The van der Waals surface area contributed by atoms with Crippen molar-refractivity contribution >= 4 is 40.7 Å². The largest absolute Gasteiger partial charge is 0.481 e. The lowest BCUT2D eigenvalue weighted by molar-refractivity contribution is -0.142. The third kappa shape index (κ3) is 6.58. The van der Waals surface area contributed by atoms with Gasteiger partial charge in [-0.1, -0.05) is 11.8 Å². The zero-order valence-electron chi connectivity index (χ0n) is 9.97. The predicted molar refractivity (Wildman–Crippen MR) is 76.8 cm³/mol. The maximum absolute atomic E-state index is 10.3. The molecule has 102 valence electrons. The predicted octanol–water partition coefficient (Wildman–Crippen LogP) is 2.54. The second-order valence-electron chi connectivity index (χ2n) is 3.72. The van der Waals surface area contributed by atoms with Crippen molar-refractivity contribution < 1.29 is 9.90 Å². The zero-order valence-corrected chi connectivity index (χ0v) is 12.4. The second kappa shape index (κ2) is 9.61. The first-order chi connectivity index (χ1) is 8.74. The molecule has 1 aliphatic rings. The van der Waals surface area contributed by atoms with E-state index in [2.05, 4.69) is 10.3 Å². The van der Waals surface area contributed by atoms with Crippen LogP contribution < -0.4 is 5.32 Å². The van der Waals surface area contributed by atoms with E-state index in [-0.39, 0.29) is 5.92 Å². The fourth-order valence-electron chi connectivity index (χ4n) is 1.47. The van der Waals surface area contributed by atoms with Gasteiger partial charge < -0.3 is 10.4 Å². The Labute approximate surface area is 120 Å². The second-order valence-corrected chi connectivity index (χ2v) is 6.33. The van der Waals surface area contributed by atoms with Gasteiger partial charge in [-0.25, -0.2) is 4.98 Å². The molecule has 2 rings (SSSR count). The molecule has 0 amide bonds. The molecule has 0 aromatic carbocycles. The Morgan fingerprint density at radius 3 is 3.00 bits per heavy atom. The van der Waals surface area contributed by atoms with Gasteiger partial charge in [-0.3, -0.25) is 4.79 Å². The zero-order chi connectivity index (χ0) is 13.2. The molecule has 4 nitrogen and oxygen atoms in total. The van der Waals surface area contributed by atoms with Gasteiger partial charge in [0.15, 0.2) is 0 Å². The van der Waals surface area contributed by atoms with Crippen molar-refractivity contribution in [2.75, 3.05) is 24.7 Å². The summed E-state index contributed by atoms with van der Waals surface area (Å²) in [6.07, 6.45) is 3.64. The molecule has 2 heterocycles. The van der Waals surface area contributed by atoms with Crippen molar-refractivity contribution in [1.29, 1.82) is 0 Å². The van der Waals surface area contributed by atoms with E-state index in [0.717, 1.165) is 29.5 Å². The highest BCUT2D eigenvalue weighted by Crippen LogP contribution is 2.19. The third-order valence-corrected chi connectivity index (χ3v) is 4.74. The lowest BCUT2D eigenvalue weighted by atomic mass is 10.0. The monoisotopic (exact) mass is 308 g/mol. The van der Waals surface area contributed by atoms with Gasteiger partial charge in [-0.05, 0) is 19.4 Å². The third-order valence-electron chi connectivity index (χ3n) is 2.36. The maximum atomic E-state index is 10.3. The van der Waals surface area contributed by atoms with Crippen LogP contribution in [0.5, 0.6) is 0 Å². The molecule has 1 unspecified atom stereocenters. The molecule has 2 N–H and O–H groups in total. The molecule has 0 radical (unpaired) electrons. The van der Waals surface area contributed by atoms with E-state index in [0.29, 0.717) is 12.4 Å². The smallest absolute Gasteiger partial charge is 0.307 e. The maximum Gasteiger partial charge on any atom is 0.307 e. The van der Waals surface area contributed by atoms with Gasteiger partial charge in [-0.15, -0.1) is 22.9 Å². The number of rotatable bonds is 4. The van der Waals surface area contributed by atoms with Crippen molar-refractivity contribution in [3.63, 3.8) is 0 Å². The highest BCUT2D eigenvalue weighted by atomic mass is 35.5. The first-order valence-corrected chi connectivity index (χ1v) is 8.15. The number of nitrogens with zero attached hydrogens (tertiary/aromatic N) is 1. The van der Waals surface area contributed by atoms with Crippen LogP contribution in [-0.4, -0.2) is 40.8 Å². The first kappa shape index (κ1) is 15.8. The summed E-state index contributed by atoms with van der Waals surface area (Å²) in [5, 5.41) is 13.5. The van der Waals surface area contributed by atoms with Gasteiger partial charge in [0.2, 0.25) is 0 Å². The van der Waals surface area contributed by atoms with Crippen LogP contribution in [0.1, 0.15) is 12.8 Å². The van der Waals surface area contributed by atoms with E-state index in [1.165, 1.54) is 0 Å². The summed E-state index contributed by atoms with van der Waals surface area (Å²) < 4.78 is 1.11. The number of nitrogens with one attached hydrogen (secondary N) is 1. The number of piperidine rings is 1. The number of aromatic nitrogens is 1. The molecule has 0 spiro atoms. The number of carboxylic acid groups (broad SMARTS) is 1. The number of hydrogen-bond donors (Lipinski definition) is 2. The van der Waals surface area contributed by atoms with Crippen molar-refractivity contribution in [2.45, 2.75) is 17.2 Å². The van der Waals surface area contributed by atoms with Gasteiger partial charge in [0.05, 0.1) is 5.92 Å². The molecule has 18 heavy (non-hydrogen) atoms. The lowest BCUT2D eigenvalue weighted by Crippen LogP contribution is -2.34. The fraction of sp³-hybridized carbons (Fsp3) is 0.636. The minimum atomic E-state index is -0.665. The van der Waals surface area contributed by atoms with Crippen LogP contribution in [0, 0.1) is 5.92 Å². The van der Waals surface area contributed by atoms with Crippen LogP contribution in [0.4, 0.5) is 0 Å². The van der Waals surface area contributed by atoms with Gasteiger partial charge in [-0.2, -0.15) is 0 Å². The lowest BCUT2D eigenvalue weighted by Gasteiger charge is -2.18. The quantitative estimate of drug-likeness (QED) is 0.661. The Hall–Kier alpha value is -0.300. The summed E-state index contributed by atoms with van der Waals surface area (Å²) in [6, 6.07) is 0. The normalized spacial score (nSPS) is 18.8. The van der Waals surface area contributed by atoms with E-state index >= 15 is 0 Å². The topological polar surface area (TPSA) is 62.2 Å². The minimum Gasteiger partial charge on any atom is -0.481 e. The molecule has 1 atom stereocenters. The van der Waals surface area contributed by atoms with Crippen molar-refractivity contribution in [3.8, 4) is 0 Å². The van der Waals surface area contributed by atoms with Crippen LogP contribution in [0.15, 0.2) is 15.9 Å². The fourth-order valence-corrected chi connectivity index (χ4v) is 3.14. The molecular formula is C11H17ClN2O2S2. The number of alkyl halides is 1. The highest BCUT2D eigenvalue weighted by Gasteiger charge is 2.18. The van der Waals surface area contributed by atoms with E-state index in [1.807, 2.05) is 5.38 Å². The average molecular weight is 309 g/mol. The number of halogens is 1. The summed E-state index contributed by atoms with van der Waals surface area (Å²) in [4.78, 5) is 14.4. The molecule has 0 aliphatic carbocycles. The molecule has 0 saturated carbocycles. The Morgan fingerprint density at radius 2 is 2.56 bits per heavy atom. The first-order valence-electron chi connectivity index (χ1n) is 5.76. The van der Waals surface area contributed by atoms with E-state index in [4.69, 9.17) is 16.7 Å². The number of carbonyl (C=O) groups is 1. The number of carboxylic acids is 1. The van der Waals surface area contributed by atoms with Crippen molar-refractivity contribution in [1.82, 2.24) is 10.3 Å². The van der Waals surface area contributed by atoms with Gasteiger partial charge >= 0.3 is 5.97 Å². The Balaban J connectivity index is 0.000000180. The SMILES string of the molecule is ClCCSc1nccs1.O=C(O)C1CCCNC1. The Bertz CT molecular complexity index is 330. The van der Waals surface area contributed by atoms with Crippen LogP contribution in [0.2, 0.25) is 0 Å². The van der Waals surface area contributed by atoms with E-state index < -0.39 is 5.97 Å². The van der Waals surface area contributed by atoms with Crippen LogP contribution in [0.25, 0.3) is 0 Å². The molecule has 7 heteroatoms. The van der Waals surface area contributed by atoms with Gasteiger partial charge in [0.25, 0.3) is 0 Å². The molecule has 1 aromatic rings. The summed E-state index contributed by atoms with van der Waals surface area (Å²) in [5.41, 5.74) is 0. The molecule has 1 aromatic heterocycles. The molecule has 1 fully saturated rings. The summed E-state index contributed by atoms with van der Waals surface area (Å²) in [6.45, 7) is 1.62. The summed E-state index contributed by atoms with van der Waals surface area (Å²) in [5.74, 6) is 0.847. The van der Waals surface area contributed by atoms with Crippen molar-refractivity contribution in [3.05, 3.63) is 11.6 Å². The van der Waals surface area contributed by atoms with Crippen molar-refractivity contribution in [2.24, 2.45) is 5.92 Å². The molecule has 1 saturated heterocycles. The average Bonchev–Trinajstić information content (AvgIpc) is 2.91. The number of hydrogen-bond acceptors (Lipinski definition) is 5. The standard InChI is InChI=1S/C6H11NO2.C5H6ClNS2/c8-6(9)5-2-1-3-7-4-5;6-1-3-8-5-7-2-4-9-5/h5,7H,1-4H2,(H,8,9);2,4H,1,3H2. The van der Waals surface area contributed by atoms with Gasteiger partial charge in [0, 0.05) is 29.8 Å². The van der Waals surface area contributed by atoms with Crippen LogP contribution >= 0.6 is 34.7 Å². The number of thiazole rings is 1. The van der Waals surface area contributed by atoms with Crippen LogP contribution in [0.3, 0.4) is 0 Å².